The number of fused-ring (bicyclic) bond motifs is 1. The third kappa shape index (κ3) is 2.68. The summed E-state index contributed by atoms with van der Waals surface area (Å²) < 4.78 is 1.95. The standard InChI is InChI=1S/C13H20N4O3/c1-9-11-6-10(13(19)14-20)7-16(11)4-5-17(9)12(18)8-15(2)3/h6-7,9,20H,4-5,8H2,1-3H3,(H,14,19). The van der Waals surface area contributed by atoms with Crippen LogP contribution in [0.2, 0.25) is 0 Å². The van der Waals surface area contributed by atoms with Crippen molar-refractivity contribution in [3.8, 4) is 0 Å². The largest absolute Gasteiger partial charge is 0.347 e. The SMILES string of the molecule is CC1c2cc(C(=O)NO)cn2CCN1C(=O)CN(C)C. The maximum absolute atomic E-state index is 12.2. The Balaban J connectivity index is 2.20. The van der Waals surface area contributed by atoms with E-state index in [9.17, 15) is 9.59 Å². The zero-order chi connectivity index (χ0) is 14.9. The van der Waals surface area contributed by atoms with Crippen LogP contribution in [-0.2, 0) is 11.3 Å². The summed E-state index contributed by atoms with van der Waals surface area (Å²) in [5.41, 5.74) is 2.93. The van der Waals surface area contributed by atoms with Gasteiger partial charge in [-0.3, -0.25) is 14.8 Å². The Kier molecular flexibility index (Phi) is 4.10. The summed E-state index contributed by atoms with van der Waals surface area (Å²) in [6, 6.07) is 1.63. The van der Waals surface area contributed by atoms with E-state index in [0.29, 0.717) is 25.2 Å². The molecule has 0 saturated heterocycles. The average Bonchev–Trinajstić information content (AvgIpc) is 2.82. The molecule has 1 aliphatic heterocycles. The van der Waals surface area contributed by atoms with Crippen LogP contribution in [0.5, 0.6) is 0 Å². The maximum atomic E-state index is 12.2. The van der Waals surface area contributed by atoms with Crippen LogP contribution in [0.4, 0.5) is 0 Å². The fourth-order valence-corrected chi connectivity index (χ4v) is 2.54. The molecule has 0 radical (unpaired) electrons. The third-order valence-electron chi connectivity index (χ3n) is 3.54. The molecule has 2 rings (SSSR count). The molecule has 110 valence electrons. The first kappa shape index (κ1) is 14.5. The molecular weight excluding hydrogens is 260 g/mol. The van der Waals surface area contributed by atoms with Gasteiger partial charge in [0.2, 0.25) is 5.91 Å². The second-order valence-electron chi connectivity index (χ2n) is 5.29. The van der Waals surface area contributed by atoms with Gasteiger partial charge in [-0.25, -0.2) is 5.48 Å². The van der Waals surface area contributed by atoms with Gasteiger partial charge in [0, 0.05) is 25.0 Å². The molecule has 2 amide bonds. The Morgan fingerprint density at radius 1 is 1.45 bits per heavy atom. The minimum atomic E-state index is -0.537. The number of carbonyl (C=O) groups is 2. The van der Waals surface area contributed by atoms with Crippen molar-refractivity contribution in [2.45, 2.75) is 19.5 Å². The summed E-state index contributed by atoms with van der Waals surface area (Å²) in [6.07, 6.45) is 1.70. The van der Waals surface area contributed by atoms with Crippen molar-refractivity contribution in [3.05, 3.63) is 23.5 Å². The molecule has 0 aromatic carbocycles. The van der Waals surface area contributed by atoms with Crippen molar-refractivity contribution in [2.24, 2.45) is 0 Å². The van der Waals surface area contributed by atoms with E-state index in [0.717, 1.165) is 5.69 Å². The van der Waals surface area contributed by atoms with E-state index in [4.69, 9.17) is 5.21 Å². The summed E-state index contributed by atoms with van der Waals surface area (Å²) in [5, 5.41) is 8.68. The predicted molar refractivity (Wildman–Crippen MR) is 72.4 cm³/mol. The lowest BCUT2D eigenvalue weighted by molar-refractivity contribution is -0.135. The van der Waals surface area contributed by atoms with Gasteiger partial charge in [-0.2, -0.15) is 0 Å². The lowest BCUT2D eigenvalue weighted by Gasteiger charge is -2.35. The van der Waals surface area contributed by atoms with Crippen LogP contribution in [0.25, 0.3) is 0 Å². The number of hydroxylamine groups is 1. The van der Waals surface area contributed by atoms with Crippen LogP contribution >= 0.6 is 0 Å². The Morgan fingerprint density at radius 3 is 2.75 bits per heavy atom. The summed E-state index contributed by atoms with van der Waals surface area (Å²) in [7, 11) is 3.72. The molecule has 0 aliphatic carbocycles. The Labute approximate surface area is 117 Å². The molecular formula is C13H20N4O3. The van der Waals surface area contributed by atoms with Crippen LogP contribution in [-0.4, -0.2) is 58.6 Å². The van der Waals surface area contributed by atoms with E-state index >= 15 is 0 Å². The highest BCUT2D eigenvalue weighted by atomic mass is 16.5. The quantitative estimate of drug-likeness (QED) is 0.607. The van der Waals surface area contributed by atoms with Crippen molar-refractivity contribution >= 4 is 11.8 Å². The summed E-state index contributed by atoms with van der Waals surface area (Å²) in [5.74, 6) is -0.464. The van der Waals surface area contributed by atoms with Gasteiger partial charge in [0.05, 0.1) is 18.2 Å². The van der Waals surface area contributed by atoms with Crippen LogP contribution in [0, 0.1) is 0 Å². The summed E-state index contributed by atoms with van der Waals surface area (Å²) >= 11 is 0. The molecule has 2 heterocycles. The summed E-state index contributed by atoms with van der Waals surface area (Å²) in [6.45, 7) is 3.58. The van der Waals surface area contributed by atoms with Gasteiger partial charge >= 0.3 is 0 Å². The molecule has 2 N–H and O–H groups in total. The Hall–Kier alpha value is -1.86. The third-order valence-corrected chi connectivity index (χ3v) is 3.54. The number of nitrogens with zero attached hydrogens (tertiary/aromatic N) is 3. The van der Waals surface area contributed by atoms with E-state index in [-0.39, 0.29) is 11.9 Å². The first-order chi connectivity index (χ1) is 9.43. The molecule has 0 spiro atoms. The van der Waals surface area contributed by atoms with Crippen molar-refractivity contribution < 1.29 is 14.8 Å². The van der Waals surface area contributed by atoms with Gasteiger partial charge in [-0.1, -0.05) is 0 Å². The zero-order valence-electron chi connectivity index (χ0n) is 12.0. The van der Waals surface area contributed by atoms with Crippen molar-refractivity contribution in [1.82, 2.24) is 19.8 Å². The van der Waals surface area contributed by atoms with Gasteiger partial charge in [-0.15, -0.1) is 0 Å². The molecule has 1 aromatic rings. The van der Waals surface area contributed by atoms with Crippen molar-refractivity contribution in [3.63, 3.8) is 0 Å². The molecule has 7 heteroatoms. The number of hydrogen-bond donors (Lipinski definition) is 2. The highest BCUT2D eigenvalue weighted by Gasteiger charge is 2.29. The second kappa shape index (κ2) is 5.64. The van der Waals surface area contributed by atoms with Crippen LogP contribution < -0.4 is 5.48 Å². The predicted octanol–water partition coefficient (Wildman–Crippen LogP) is 0.0719. The maximum Gasteiger partial charge on any atom is 0.276 e. The first-order valence-corrected chi connectivity index (χ1v) is 6.52. The van der Waals surface area contributed by atoms with Crippen LogP contribution in [0.1, 0.15) is 29.0 Å². The molecule has 0 fully saturated rings. The van der Waals surface area contributed by atoms with E-state index < -0.39 is 5.91 Å². The second-order valence-corrected chi connectivity index (χ2v) is 5.29. The smallest absolute Gasteiger partial charge is 0.276 e. The minimum Gasteiger partial charge on any atom is -0.347 e. The topological polar surface area (TPSA) is 77.8 Å². The molecule has 1 aliphatic rings. The highest BCUT2D eigenvalue weighted by Crippen LogP contribution is 2.27. The lowest BCUT2D eigenvalue weighted by atomic mass is 10.1. The van der Waals surface area contributed by atoms with E-state index in [2.05, 4.69) is 0 Å². The lowest BCUT2D eigenvalue weighted by Crippen LogP contribution is -2.44. The molecule has 0 saturated carbocycles. The molecule has 20 heavy (non-hydrogen) atoms. The molecule has 1 aromatic heterocycles. The Morgan fingerprint density at radius 2 is 2.15 bits per heavy atom. The number of aromatic nitrogens is 1. The first-order valence-electron chi connectivity index (χ1n) is 6.52. The number of carbonyl (C=O) groups excluding carboxylic acids is 2. The number of likely N-dealkylation sites (N-methyl/N-ethyl adjacent to an activating group) is 1. The number of amides is 2. The number of hydrogen-bond acceptors (Lipinski definition) is 4. The number of rotatable bonds is 3. The van der Waals surface area contributed by atoms with Crippen molar-refractivity contribution in [2.75, 3.05) is 27.2 Å². The van der Waals surface area contributed by atoms with Crippen LogP contribution in [0.15, 0.2) is 12.3 Å². The zero-order valence-corrected chi connectivity index (χ0v) is 12.0. The van der Waals surface area contributed by atoms with Crippen LogP contribution in [0.3, 0.4) is 0 Å². The molecule has 1 unspecified atom stereocenters. The average molecular weight is 280 g/mol. The Bertz CT molecular complexity index is 524. The molecule has 1 atom stereocenters. The van der Waals surface area contributed by atoms with E-state index in [1.54, 1.807) is 17.7 Å². The van der Waals surface area contributed by atoms with E-state index in [1.165, 1.54) is 0 Å². The minimum absolute atomic E-state index is 0.0723. The fourth-order valence-electron chi connectivity index (χ4n) is 2.54. The van der Waals surface area contributed by atoms with E-state index in [1.807, 2.05) is 35.4 Å². The molecule has 7 nitrogen and oxygen atoms in total. The summed E-state index contributed by atoms with van der Waals surface area (Å²) in [4.78, 5) is 27.3. The van der Waals surface area contributed by atoms with Gasteiger partial charge in [0.25, 0.3) is 5.91 Å². The highest BCUT2D eigenvalue weighted by molar-refractivity contribution is 5.93. The fraction of sp³-hybridized carbons (Fsp3) is 0.538. The van der Waals surface area contributed by atoms with Gasteiger partial charge in [-0.05, 0) is 27.1 Å². The monoisotopic (exact) mass is 280 g/mol. The van der Waals surface area contributed by atoms with Gasteiger partial charge < -0.3 is 14.4 Å². The van der Waals surface area contributed by atoms with Crippen molar-refractivity contribution in [1.29, 1.82) is 0 Å². The van der Waals surface area contributed by atoms with Gasteiger partial charge in [0.15, 0.2) is 0 Å². The number of nitrogens with one attached hydrogen (secondary N) is 1. The van der Waals surface area contributed by atoms with Gasteiger partial charge in [0.1, 0.15) is 0 Å². The molecule has 0 bridgehead atoms. The normalized spacial score (nSPS) is 18.1.